The standard InChI is InChI=1S/C41H49N3S/c1-6-41(7-2)34-25-29(16-22-40(5)23-19-33(36-13-8-9-24-42-36)37-38(40)45-27-43-37)14-15-31(34)32-18-21-39(4,26-35(32)41)20-17-30-12-10-11-28(3)44-30/h8-10,12-18,20-22,24,28-29,33,38H,6-7,11,19,23,25-27H2,1-5H3/b20-17+,22-16?. The van der Waals surface area contributed by atoms with Gasteiger partial charge in [0.05, 0.1) is 22.9 Å². The number of hydrogen-bond donors (Lipinski definition) is 0. The van der Waals surface area contributed by atoms with Crippen LogP contribution in [-0.4, -0.2) is 33.6 Å². The van der Waals surface area contributed by atoms with Gasteiger partial charge in [-0.2, -0.15) is 0 Å². The van der Waals surface area contributed by atoms with Crippen LogP contribution in [0.25, 0.3) is 0 Å². The van der Waals surface area contributed by atoms with Crippen molar-refractivity contribution in [1.29, 1.82) is 0 Å². The maximum Gasteiger partial charge on any atom is 0.0850 e. The highest BCUT2D eigenvalue weighted by atomic mass is 32.2. The van der Waals surface area contributed by atoms with Gasteiger partial charge in [-0.25, -0.2) is 0 Å². The zero-order chi connectivity index (χ0) is 31.2. The van der Waals surface area contributed by atoms with E-state index in [2.05, 4.69) is 108 Å². The Kier molecular flexibility index (Phi) is 8.17. The molecule has 1 fully saturated rings. The summed E-state index contributed by atoms with van der Waals surface area (Å²) < 4.78 is 0. The number of nitrogens with zero attached hydrogens (tertiary/aromatic N) is 3. The third-order valence-corrected chi connectivity index (χ3v) is 13.1. The molecule has 1 saturated carbocycles. The molecule has 0 saturated heterocycles. The Labute approximate surface area is 275 Å². The predicted molar refractivity (Wildman–Crippen MR) is 193 cm³/mol. The Hall–Kier alpha value is -2.98. The molecule has 0 N–H and O–H groups in total. The van der Waals surface area contributed by atoms with Crippen LogP contribution in [-0.2, 0) is 0 Å². The molecule has 3 heterocycles. The Morgan fingerprint density at radius 2 is 1.87 bits per heavy atom. The lowest BCUT2D eigenvalue weighted by Crippen LogP contribution is -2.41. The van der Waals surface area contributed by atoms with Gasteiger partial charge in [0.2, 0.25) is 0 Å². The molecule has 0 radical (unpaired) electrons. The van der Waals surface area contributed by atoms with Crippen LogP contribution in [0.15, 0.2) is 117 Å². The van der Waals surface area contributed by atoms with Crippen LogP contribution in [0.4, 0.5) is 0 Å². The van der Waals surface area contributed by atoms with Crippen LogP contribution in [0.2, 0.25) is 0 Å². The summed E-state index contributed by atoms with van der Waals surface area (Å²) in [6, 6.07) is 6.69. The Bertz CT molecular complexity index is 1610. The van der Waals surface area contributed by atoms with Crippen molar-refractivity contribution in [2.24, 2.45) is 32.1 Å². The van der Waals surface area contributed by atoms with Crippen molar-refractivity contribution in [2.75, 3.05) is 5.88 Å². The largest absolute Gasteiger partial charge is 0.282 e. The van der Waals surface area contributed by atoms with Crippen molar-refractivity contribution in [3.8, 4) is 0 Å². The Morgan fingerprint density at radius 3 is 2.64 bits per heavy atom. The normalized spacial score (nSPS) is 35.2. The first-order valence-electron chi connectivity index (χ1n) is 17.3. The third kappa shape index (κ3) is 5.45. The van der Waals surface area contributed by atoms with Gasteiger partial charge in [0, 0.05) is 39.8 Å². The molecule has 0 amide bonds. The van der Waals surface area contributed by atoms with Gasteiger partial charge in [-0.05, 0) is 93.2 Å². The number of allylic oxidation sites excluding steroid dienone is 13. The molecular weight excluding hydrogens is 567 g/mol. The minimum atomic E-state index is 0.00398. The lowest BCUT2D eigenvalue weighted by atomic mass is 9.64. The summed E-state index contributed by atoms with van der Waals surface area (Å²) in [7, 11) is 0. The van der Waals surface area contributed by atoms with Gasteiger partial charge in [-0.15, -0.1) is 11.8 Å². The molecule has 4 aliphatic carbocycles. The van der Waals surface area contributed by atoms with Crippen molar-refractivity contribution in [3.05, 3.63) is 113 Å². The van der Waals surface area contributed by atoms with E-state index < -0.39 is 0 Å². The van der Waals surface area contributed by atoms with Gasteiger partial charge in [0.25, 0.3) is 0 Å². The molecule has 0 aromatic carbocycles. The van der Waals surface area contributed by atoms with E-state index in [4.69, 9.17) is 15.0 Å². The minimum absolute atomic E-state index is 0.00398. The molecule has 1 aromatic heterocycles. The number of rotatable bonds is 7. The molecule has 4 heteroatoms. The van der Waals surface area contributed by atoms with E-state index in [9.17, 15) is 0 Å². The van der Waals surface area contributed by atoms with E-state index in [1.807, 2.05) is 24.0 Å². The van der Waals surface area contributed by atoms with Crippen molar-refractivity contribution in [1.82, 2.24) is 4.98 Å². The second-order valence-electron chi connectivity index (χ2n) is 14.7. The van der Waals surface area contributed by atoms with Crippen LogP contribution in [0.3, 0.4) is 0 Å². The van der Waals surface area contributed by atoms with Gasteiger partial charge in [0.1, 0.15) is 0 Å². The highest BCUT2D eigenvalue weighted by Crippen LogP contribution is 2.60. The van der Waals surface area contributed by atoms with Crippen molar-refractivity contribution < 1.29 is 0 Å². The lowest BCUT2D eigenvalue weighted by Gasteiger charge is -2.41. The molecule has 234 valence electrons. The predicted octanol–water partition coefficient (Wildman–Crippen LogP) is 10.3. The van der Waals surface area contributed by atoms with E-state index in [1.165, 1.54) is 29.0 Å². The SMILES string of the molecule is CCC1(CC)C2=C(C=CC(C=CC3(C)CCC(c4ccccn4)C4=NCSC43)C2)C2=C1CC(C)(/C=C/C1=NC(C)CC=C1)C=C2. The summed E-state index contributed by atoms with van der Waals surface area (Å²) in [6.45, 7) is 11.9. The van der Waals surface area contributed by atoms with Crippen molar-refractivity contribution >= 4 is 23.2 Å². The number of hydrogen-bond acceptors (Lipinski definition) is 4. The molecular formula is C41H49N3S. The summed E-state index contributed by atoms with van der Waals surface area (Å²) in [5.74, 6) is 1.68. The molecule has 0 bridgehead atoms. The molecule has 6 atom stereocenters. The van der Waals surface area contributed by atoms with E-state index in [1.54, 1.807) is 11.1 Å². The molecule has 2 aliphatic heterocycles. The maximum atomic E-state index is 5.04. The molecule has 0 spiro atoms. The summed E-state index contributed by atoms with van der Waals surface area (Å²) in [5.41, 5.74) is 10.3. The Balaban J connectivity index is 1.09. The van der Waals surface area contributed by atoms with Crippen molar-refractivity contribution in [2.45, 2.75) is 96.8 Å². The zero-order valence-corrected chi connectivity index (χ0v) is 28.6. The molecule has 6 unspecified atom stereocenters. The average molecular weight is 616 g/mol. The van der Waals surface area contributed by atoms with Gasteiger partial charge < -0.3 is 0 Å². The number of aromatic nitrogens is 1. The fraction of sp³-hybridized carbons (Fsp3) is 0.488. The lowest BCUT2D eigenvalue weighted by molar-refractivity contribution is 0.347. The maximum absolute atomic E-state index is 5.04. The number of thioether (sulfide) groups is 1. The number of fused-ring (bicyclic) bond motifs is 2. The fourth-order valence-electron chi connectivity index (χ4n) is 8.98. The van der Waals surface area contributed by atoms with E-state index in [0.29, 0.717) is 23.1 Å². The topological polar surface area (TPSA) is 37.6 Å². The monoisotopic (exact) mass is 615 g/mol. The summed E-state index contributed by atoms with van der Waals surface area (Å²) in [4.78, 5) is 14.6. The third-order valence-electron chi connectivity index (χ3n) is 11.7. The van der Waals surface area contributed by atoms with E-state index >= 15 is 0 Å². The van der Waals surface area contributed by atoms with Gasteiger partial charge in [0.15, 0.2) is 0 Å². The van der Waals surface area contributed by atoms with Crippen LogP contribution in [0, 0.1) is 22.2 Å². The first kappa shape index (κ1) is 30.7. The molecule has 3 nitrogen and oxygen atoms in total. The van der Waals surface area contributed by atoms with Crippen LogP contribution in [0.1, 0.15) is 91.2 Å². The van der Waals surface area contributed by atoms with Crippen LogP contribution >= 0.6 is 11.8 Å². The van der Waals surface area contributed by atoms with E-state index in [-0.39, 0.29) is 16.2 Å². The molecule has 6 aliphatic rings. The second kappa shape index (κ2) is 12.0. The summed E-state index contributed by atoms with van der Waals surface area (Å²) in [6.07, 6.45) is 33.9. The van der Waals surface area contributed by atoms with Crippen LogP contribution < -0.4 is 0 Å². The Morgan fingerprint density at radius 1 is 1.02 bits per heavy atom. The average Bonchev–Trinajstić information content (AvgIpc) is 3.66. The summed E-state index contributed by atoms with van der Waals surface area (Å²) >= 11 is 2.03. The van der Waals surface area contributed by atoms with Gasteiger partial charge in [-0.1, -0.05) is 93.5 Å². The van der Waals surface area contributed by atoms with Crippen molar-refractivity contribution in [3.63, 3.8) is 0 Å². The van der Waals surface area contributed by atoms with E-state index in [0.717, 1.165) is 50.1 Å². The quantitative estimate of drug-likeness (QED) is 0.286. The smallest absolute Gasteiger partial charge is 0.0850 e. The molecule has 7 rings (SSSR count). The number of dihydropyridines is 1. The first-order valence-corrected chi connectivity index (χ1v) is 18.4. The second-order valence-corrected chi connectivity index (χ2v) is 15.7. The summed E-state index contributed by atoms with van der Waals surface area (Å²) in [5, 5.41) is 0.442. The highest BCUT2D eigenvalue weighted by molar-refractivity contribution is 8.01. The highest BCUT2D eigenvalue weighted by Gasteiger charge is 2.48. The number of pyridine rings is 1. The van der Waals surface area contributed by atoms with Gasteiger partial charge >= 0.3 is 0 Å². The number of aliphatic imine (C=N–C) groups is 2. The molecule has 1 aromatic rings. The first-order chi connectivity index (χ1) is 21.8. The minimum Gasteiger partial charge on any atom is -0.282 e. The van der Waals surface area contributed by atoms with Crippen LogP contribution in [0.5, 0.6) is 0 Å². The zero-order valence-electron chi connectivity index (χ0n) is 27.8. The fourth-order valence-corrected chi connectivity index (χ4v) is 10.3. The van der Waals surface area contributed by atoms with Gasteiger partial charge in [-0.3, -0.25) is 15.0 Å². The molecule has 45 heavy (non-hydrogen) atoms.